The highest BCUT2D eigenvalue weighted by atomic mass is 16.7. The number of fused-ring (bicyclic) bond motifs is 2. The van der Waals surface area contributed by atoms with Crippen molar-refractivity contribution < 1.29 is 56.2 Å². The zero-order valence-electron chi connectivity index (χ0n) is 39.3. The molecule has 3 aliphatic heterocycles. The first-order chi connectivity index (χ1) is 28.4. The Bertz CT molecular complexity index is 2070. The first-order valence-electron chi connectivity index (χ1n) is 22.0. The first-order valence-corrected chi connectivity index (χ1v) is 19.0. The van der Waals surface area contributed by atoms with Gasteiger partial charge in [0, 0.05) is 35.4 Å². The molecule has 13 nitrogen and oxygen atoms in total. The van der Waals surface area contributed by atoms with E-state index in [4.69, 9.17) is 31.9 Å². The van der Waals surface area contributed by atoms with E-state index in [2.05, 4.69) is 10.3 Å². The van der Waals surface area contributed by atoms with Gasteiger partial charge in [-0.1, -0.05) is 58.0 Å². The first kappa shape index (κ1) is 34.5. The van der Waals surface area contributed by atoms with Crippen molar-refractivity contribution in [1.29, 1.82) is 0 Å². The van der Waals surface area contributed by atoms with Crippen molar-refractivity contribution in [3.63, 3.8) is 0 Å². The van der Waals surface area contributed by atoms with Gasteiger partial charge < -0.3 is 39.0 Å². The summed E-state index contributed by atoms with van der Waals surface area (Å²) in [5, 5.41) is 14.2. The van der Waals surface area contributed by atoms with Crippen LogP contribution in [-0.2, 0) is 38.1 Å². The lowest BCUT2D eigenvalue weighted by Gasteiger charge is -2.47. The summed E-state index contributed by atoms with van der Waals surface area (Å²) in [4.78, 5) is 61.6. The third kappa shape index (κ3) is 8.96. The van der Waals surface area contributed by atoms with Crippen LogP contribution >= 0.6 is 0 Å². The number of para-hydroxylation sites is 1. The van der Waals surface area contributed by atoms with Gasteiger partial charge in [-0.25, -0.2) is 4.79 Å². The minimum atomic E-state index is -1.57. The molecule has 0 aliphatic carbocycles. The number of aliphatic hydroxyl groups excluding tert-OH is 1. The molecule has 1 aromatic heterocycles. The fraction of sp³-hybridized carbons (Fsp3) is 0.643. The Balaban J connectivity index is 1.60. The number of ether oxygens (including phenoxy) is 5. The molecule has 0 bridgehead atoms. The number of nitrogens with one attached hydrogen (secondary N) is 1. The number of nitrogens with zero attached hydrogens (tertiary/aromatic N) is 2. The Morgan fingerprint density at radius 1 is 1.07 bits per heavy atom. The number of hydrogen-bond donors (Lipinski definition) is 2. The zero-order chi connectivity index (χ0) is 45.6. The maximum atomic E-state index is 14.5. The number of pyridine rings is 1. The van der Waals surface area contributed by atoms with E-state index >= 15 is 0 Å². The molecule has 3 aliphatic rings. The van der Waals surface area contributed by atoms with E-state index in [0.717, 1.165) is 0 Å². The molecule has 0 saturated carbocycles. The van der Waals surface area contributed by atoms with Gasteiger partial charge in [0.2, 0.25) is 0 Å². The number of Topliss-reactive ketones (excluding diaryl/α,β-unsaturated/α-hetero) is 2. The van der Waals surface area contributed by atoms with Crippen LogP contribution in [0, 0.1) is 23.7 Å². The average Bonchev–Trinajstić information content (AvgIpc) is 3.52. The van der Waals surface area contributed by atoms with Gasteiger partial charge in [0.15, 0.2) is 17.7 Å². The molecule has 55 heavy (non-hydrogen) atoms. The fourth-order valence-electron chi connectivity index (χ4n) is 8.37. The second kappa shape index (κ2) is 17.2. The van der Waals surface area contributed by atoms with Gasteiger partial charge >= 0.3 is 12.1 Å². The number of likely N-dealkylation sites (N-methyl/N-ethyl adjacent to an activating group) is 1. The molecule has 0 radical (unpaired) electrons. The standard InChI is InChI=1S/C42H59N3O10/c1-11-32-42(8)36(44-40(50)55-42)25(4)33(46)23(2)21-41(7,51-18-14-15-28-20-29-16-12-13-17-30(29)43-22-28)37(26(5)34(47)27(6)38(49)53-32)54-39-35(48)31(45(9)10)19-24(3)52-39/h12-17,20,22-27,31-32,35-37,39,48H,11,18-19,21H2,1-10H3,(H,44,50)/b15-14-/t23-,24-,25+,26+,27-,31+,32-,35-,36-,37-,39+,41-,42-/m1/s1/i12D,13D,16D,17D,20D,22D. The van der Waals surface area contributed by atoms with E-state index in [1.807, 2.05) is 25.9 Å². The number of aliphatic hydroxyl groups is 1. The number of hydrogen-bond acceptors (Lipinski definition) is 12. The summed E-state index contributed by atoms with van der Waals surface area (Å²) in [6.45, 7) is 12.9. The van der Waals surface area contributed by atoms with Crippen LogP contribution in [0.3, 0.4) is 0 Å². The Labute approximate surface area is 332 Å². The third-order valence-electron chi connectivity index (χ3n) is 11.5. The summed E-state index contributed by atoms with van der Waals surface area (Å²) in [5.41, 5.74) is -3.29. The molecule has 2 aromatic rings. The van der Waals surface area contributed by atoms with E-state index in [1.54, 1.807) is 41.5 Å². The number of esters is 1. The third-order valence-corrected chi connectivity index (χ3v) is 11.5. The minimum absolute atomic E-state index is 0.0463. The topological polar surface area (TPSA) is 163 Å². The molecule has 0 spiro atoms. The second-order valence-corrected chi connectivity index (χ2v) is 15.9. The number of carbonyl (C=O) groups is 4. The normalized spacial score (nSPS) is 39.6. The van der Waals surface area contributed by atoms with Crippen molar-refractivity contribution in [2.75, 3.05) is 20.7 Å². The van der Waals surface area contributed by atoms with Gasteiger partial charge in [0.05, 0.1) is 44.2 Å². The van der Waals surface area contributed by atoms with E-state index < -0.39 is 120 Å². The van der Waals surface area contributed by atoms with Crippen molar-refractivity contribution in [2.45, 2.75) is 129 Å². The van der Waals surface area contributed by atoms with Gasteiger partial charge in [-0.2, -0.15) is 0 Å². The summed E-state index contributed by atoms with van der Waals surface area (Å²) in [6, 6.07) is -3.67. The van der Waals surface area contributed by atoms with E-state index in [-0.39, 0.29) is 53.8 Å². The summed E-state index contributed by atoms with van der Waals surface area (Å²) >= 11 is 0. The Morgan fingerprint density at radius 2 is 1.78 bits per heavy atom. The lowest BCUT2D eigenvalue weighted by molar-refractivity contribution is -0.296. The molecule has 1 aromatic carbocycles. The van der Waals surface area contributed by atoms with Gasteiger partial charge in [-0.15, -0.1) is 0 Å². The second-order valence-electron chi connectivity index (χ2n) is 15.9. The molecule has 302 valence electrons. The lowest BCUT2D eigenvalue weighted by Crippen LogP contribution is -2.60. The molecule has 3 saturated heterocycles. The van der Waals surface area contributed by atoms with Crippen LogP contribution in [0.4, 0.5) is 4.79 Å². The zero-order valence-corrected chi connectivity index (χ0v) is 33.3. The molecule has 5 rings (SSSR count). The fourth-order valence-corrected chi connectivity index (χ4v) is 8.37. The molecule has 1 amide bonds. The minimum Gasteiger partial charge on any atom is -0.458 e. The highest BCUT2D eigenvalue weighted by Crippen LogP contribution is 2.40. The predicted octanol–water partition coefficient (Wildman–Crippen LogP) is 5.11. The lowest BCUT2D eigenvalue weighted by atomic mass is 9.73. The van der Waals surface area contributed by atoms with Crippen molar-refractivity contribution in [3.8, 4) is 0 Å². The predicted molar refractivity (Wildman–Crippen MR) is 206 cm³/mol. The molecule has 13 heteroatoms. The molecular weight excluding hydrogens is 706 g/mol. The number of benzene rings is 1. The van der Waals surface area contributed by atoms with Crippen LogP contribution < -0.4 is 5.32 Å². The number of carbonyl (C=O) groups excluding carboxylic acids is 4. The Morgan fingerprint density at radius 3 is 2.47 bits per heavy atom. The van der Waals surface area contributed by atoms with Crippen LogP contribution in [0.2, 0.25) is 0 Å². The number of alkyl carbamates (subject to hydrolysis) is 1. The van der Waals surface area contributed by atoms with Crippen molar-refractivity contribution in [2.24, 2.45) is 23.7 Å². The molecule has 4 heterocycles. The summed E-state index contributed by atoms with van der Waals surface area (Å²) in [7, 11) is 3.63. The van der Waals surface area contributed by atoms with Crippen molar-refractivity contribution in [3.05, 3.63) is 48.0 Å². The van der Waals surface area contributed by atoms with Gasteiger partial charge in [-0.3, -0.25) is 19.4 Å². The van der Waals surface area contributed by atoms with Crippen LogP contribution in [0.5, 0.6) is 0 Å². The Hall–Kier alpha value is -3.75. The maximum Gasteiger partial charge on any atom is 0.408 e. The summed E-state index contributed by atoms with van der Waals surface area (Å²) in [6.07, 6.45) is -2.86. The molecule has 2 N–H and O–H groups in total. The largest absolute Gasteiger partial charge is 0.458 e. The number of aromatic nitrogens is 1. The van der Waals surface area contributed by atoms with Gasteiger partial charge in [0.25, 0.3) is 0 Å². The Kier molecular flexibility index (Phi) is 10.8. The molecular formula is C42H59N3O10. The molecule has 13 atom stereocenters. The quantitative estimate of drug-likeness (QED) is 0.270. The highest BCUT2D eigenvalue weighted by Gasteiger charge is 2.57. The monoisotopic (exact) mass is 771 g/mol. The maximum absolute atomic E-state index is 14.5. The van der Waals surface area contributed by atoms with E-state index in [9.17, 15) is 24.3 Å². The van der Waals surface area contributed by atoms with E-state index in [0.29, 0.717) is 6.42 Å². The highest BCUT2D eigenvalue weighted by molar-refractivity contribution is 6.00. The molecule has 3 fully saturated rings. The van der Waals surface area contributed by atoms with E-state index in [1.165, 1.54) is 19.1 Å². The van der Waals surface area contributed by atoms with Gasteiger partial charge in [0.1, 0.15) is 23.9 Å². The summed E-state index contributed by atoms with van der Waals surface area (Å²) < 4.78 is 81.3. The van der Waals surface area contributed by atoms with Crippen LogP contribution in [0.15, 0.2) is 42.5 Å². The molecule has 0 unspecified atom stereocenters. The number of rotatable bonds is 8. The summed E-state index contributed by atoms with van der Waals surface area (Å²) in [5.74, 6) is -5.91. The smallest absolute Gasteiger partial charge is 0.408 e. The SMILES string of the molecule is [2H]c1nc2c([2H])c([2H])c([2H])c([2H])c2c([2H])c1/C=C\CO[C@]1(C)C[C@@H](C)C(=O)[C@H](C)[C@H]2NC(=O)O[C@]2(C)[C@@H](CC)OC(=O)[C@H](C)C(=O)[C@H](C)[C@H]1O[C@@H]1O[C@H](C)C[C@H](N(C)C)[C@H]1O. The number of ketones is 2. The average molecular weight is 772 g/mol. The van der Waals surface area contributed by atoms with Crippen molar-refractivity contribution in [1.82, 2.24) is 15.2 Å². The van der Waals surface area contributed by atoms with Crippen LogP contribution in [-0.4, -0.2) is 113 Å². The van der Waals surface area contributed by atoms with Crippen LogP contribution in [0.25, 0.3) is 17.0 Å². The number of amides is 1. The van der Waals surface area contributed by atoms with Gasteiger partial charge in [-0.05, 0) is 78.7 Å². The number of cyclic esters (lactones) is 1. The van der Waals surface area contributed by atoms with Crippen LogP contribution in [0.1, 0.15) is 88.4 Å². The van der Waals surface area contributed by atoms with Crippen molar-refractivity contribution >= 4 is 40.6 Å².